The van der Waals surface area contributed by atoms with Gasteiger partial charge >= 0.3 is 5.97 Å². The molecule has 0 saturated heterocycles. The fourth-order valence-electron chi connectivity index (χ4n) is 2.04. The molecule has 1 aromatic rings. The number of rotatable bonds is 5. The molecule has 0 aromatic carbocycles. The fraction of sp³-hybridized carbons (Fsp3) is 0.667. The van der Waals surface area contributed by atoms with Crippen LogP contribution >= 0.6 is 0 Å². The van der Waals surface area contributed by atoms with Gasteiger partial charge in [0.1, 0.15) is 5.54 Å². The van der Waals surface area contributed by atoms with Crippen molar-refractivity contribution in [1.82, 2.24) is 9.78 Å². The first-order chi connectivity index (χ1) is 8.08. The molecule has 0 radical (unpaired) electrons. The van der Waals surface area contributed by atoms with Gasteiger partial charge in [-0.25, -0.2) is 4.79 Å². The van der Waals surface area contributed by atoms with Gasteiger partial charge in [-0.05, 0) is 38.7 Å². The lowest BCUT2D eigenvalue weighted by atomic mass is 9.94. The van der Waals surface area contributed by atoms with E-state index < -0.39 is 5.54 Å². The third-order valence-electron chi connectivity index (χ3n) is 3.30. The van der Waals surface area contributed by atoms with E-state index in [1.807, 2.05) is 13.0 Å². The lowest BCUT2D eigenvalue weighted by Gasteiger charge is -2.27. The molecule has 0 aliphatic heterocycles. The maximum absolute atomic E-state index is 12.0. The van der Waals surface area contributed by atoms with E-state index in [1.54, 1.807) is 17.8 Å². The molecular formula is C12H19N3O2. The minimum absolute atomic E-state index is 0.227. The van der Waals surface area contributed by atoms with Crippen LogP contribution < -0.4 is 5.73 Å². The van der Waals surface area contributed by atoms with Crippen molar-refractivity contribution in [3.63, 3.8) is 0 Å². The second-order valence-electron chi connectivity index (χ2n) is 4.67. The highest BCUT2D eigenvalue weighted by molar-refractivity contribution is 5.81. The van der Waals surface area contributed by atoms with E-state index in [-0.39, 0.29) is 11.9 Å². The van der Waals surface area contributed by atoms with Crippen LogP contribution in [-0.2, 0) is 16.1 Å². The summed E-state index contributed by atoms with van der Waals surface area (Å²) in [6.45, 7) is 4.51. The molecule has 1 heterocycles. The highest BCUT2D eigenvalue weighted by Gasteiger charge is 2.49. The molecule has 17 heavy (non-hydrogen) atoms. The molecule has 2 N–H and O–H groups in total. The summed E-state index contributed by atoms with van der Waals surface area (Å²) in [5.41, 5.74) is 6.34. The molecule has 1 fully saturated rings. The van der Waals surface area contributed by atoms with Crippen LogP contribution in [-0.4, -0.2) is 27.9 Å². The molecule has 1 saturated carbocycles. The Bertz CT molecular complexity index is 412. The van der Waals surface area contributed by atoms with Crippen LogP contribution in [0.2, 0.25) is 0 Å². The molecule has 1 atom stereocenters. The number of carbonyl (C=O) groups excluding carboxylic acids is 1. The Morgan fingerprint density at radius 2 is 2.41 bits per heavy atom. The van der Waals surface area contributed by atoms with E-state index in [0.29, 0.717) is 13.2 Å². The molecule has 0 amide bonds. The van der Waals surface area contributed by atoms with Crippen LogP contribution in [0.15, 0.2) is 12.3 Å². The second-order valence-corrected chi connectivity index (χ2v) is 4.67. The summed E-state index contributed by atoms with van der Waals surface area (Å²) in [6, 6.07) is 1.90. The summed E-state index contributed by atoms with van der Waals surface area (Å²) < 4.78 is 6.86. The molecule has 1 unspecified atom stereocenters. The molecule has 5 heteroatoms. The third kappa shape index (κ3) is 2.34. The van der Waals surface area contributed by atoms with Crippen LogP contribution in [0, 0.1) is 12.8 Å². The van der Waals surface area contributed by atoms with Gasteiger partial charge in [0.25, 0.3) is 0 Å². The largest absolute Gasteiger partial charge is 0.465 e. The monoisotopic (exact) mass is 237 g/mol. The van der Waals surface area contributed by atoms with Crippen LogP contribution in [0.4, 0.5) is 0 Å². The average molecular weight is 237 g/mol. The first-order valence-corrected chi connectivity index (χ1v) is 6.02. The Hall–Kier alpha value is -1.36. The summed E-state index contributed by atoms with van der Waals surface area (Å²) in [5.74, 6) is -0.0810. The number of nitrogens with two attached hydrogens (primary N) is 1. The number of hydrogen-bond acceptors (Lipinski definition) is 4. The van der Waals surface area contributed by atoms with Crippen molar-refractivity contribution in [2.45, 2.75) is 38.8 Å². The van der Waals surface area contributed by atoms with Gasteiger partial charge in [-0.2, -0.15) is 5.10 Å². The van der Waals surface area contributed by atoms with E-state index in [2.05, 4.69) is 5.10 Å². The highest BCUT2D eigenvalue weighted by atomic mass is 16.5. The zero-order chi connectivity index (χ0) is 12.5. The molecule has 1 aromatic heterocycles. The van der Waals surface area contributed by atoms with Crippen molar-refractivity contribution in [2.75, 3.05) is 6.61 Å². The number of aryl methyl sites for hydroxylation is 1. The van der Waals surface area contributed by atoms with E-state index in [4.69, 9.17) is 10.5 Å². The van der Waals surface area contributed by atoms with E-state index in [0.717, 1.165) is 18.5 Å². The van der Waals surface area contributed by atoms with Gasteiger partial charge in [-0.3, -0.25) is 4.68 Å². The first kappa shape index (κ1) is 12.1. The van der Waals surface area contributed by atoms with Gasteiger partial charge < -0.3 is 10.5 Å². The normalized spacial score (nSPS) is 18.8. The maximum Gasteiger partial charge on any atom is 0.328 e. The molecule has 0 bridgehead atoms. The smallest absolute Gasteiger partial charge is 0.328 e. The summed E-state index contributed by atoms with van der Waals surface area (Å²) in [7, 11) is 0. The van der Waals surface area contributed by atoms with Crippen LogP contribution in [0.1, 0.15) is 25.5 Å². The topological polar surface area (TPSA) is 70.1 Å². The van der Waals surface area contributed by atoms with E-state index in [9.17, 15) is 4.79 Å². The number of nitrogens with zero attached hydrogens (tertiary/aromatic N) is 2. The van der Waals surface area contributed by atoms with Gasteiger partial charge in [0.15, 0.2) is 0 Å². The van der Waals surface area contributed by atoms with E-state index >= 15 is 0 Å². The van der Waals surface area contributed by atoms with Gasteiger partial charge in [-0.1, -0.05) is 0 Å². The Morgan fingerprint density at radius 1 is 1.71 bits per heavy atom. The predicted octanol–water partition coefficient (Wildman–Crippen LogP) is 0.862. The molecule has 0 spiro atoms. The van der Waals surface area contributed by atoms with Crippen molar-refractivity contribution in [1.29, 1.82) is 0 Å². The number of ether oxygens (including phenoxy) is 1. The zero-order valence-electron chi connectivity index (χ0n) is 10.3. The highest BCUT2D eigenvalue weighted by Crippen LogP contribution is 2.40. The summed E-state index contributed by atoms with van der Waals surface area (Å²) in [5, 5.41) is 4.18. The number of esters is 1. The van der Waals surface area contributed by atoms with Crippen LogP contribution in [0.25, 0.3) is 0 Å². The van der Waals surface area contributed by atoms with Gasteiger partial charge in [0.2, 0.25) is 0 Å². The molecular weight excluding hydrogens is 218 g/mol. The van der Waals surface area contributed by atoms with Gasteiger partial charge in [0.05, 0.1) is 13.2 Å². The second kappa shape index (κ2) is 4.49. The predicted molar refractivity (Wildman–Crippen MR) is 63.2 cm³/mol. The Kier molecular flexibility index (Phi) is 3.19. The minimum atomic E-state index is -0.924. The molecule has 2 rings (SSSR count). The third-order valence-corrected chi connectivity index (χ3v) is 3.30. The standard InChI is InChI=1S/C12H19N3O2/c1-3-17-11(16)12(13,10-4-5-10)8-15-9(2)6-7-14-15/h6-7,10H,3-5,8,13H2,1-2H3. The maximum atomic E-state index is 12.0. The number of hydrogen-bond donors (Lipinski definition) is 1. The Balaban J connectivity index is 2.17. The van der Waals surface area contributed by atoms with Crippen LogP contribution in [0.3, 0.4) is 0 Å². The number of carbonyl (C=O) groups is 1. The fourth-order valence-corrected chi connectivity index (χ4v) is 2.04. The zero-order valence-corrected chi connectivity index (χ0v) is 10.3. The molecule has 1 aliphatic carbocycles. The molecule has 1 aliphatic rings. The summed E-state index contributed by atoms with van der Waals surface area (Å²) >= 11 is 0. The summed E-state index contributed by atoms with van der Waals surface area (Å²) in [6.07, 6.45) is 3.71. The van der Waals surface area contributed by atoms with Crippen molar-refractivity contribution in [3.8, 4) is 0 Å². The molecule has 94 valence electrons. The SMILES string of the molecule is CCOC(=O)C(N)(Cn1nccc1C)C1CC1. The lowest BCUT2D eigenvalue weighted by Crippen LogP contribution is -2.54. The van der Waals surface area contributed by atoms with Crippen molar-refractivity contribution < 1.29 is 9.53 Å². The average Bonchev–Trinajstić information content (AvgIpc) is 3.06. The number of aromatic nitrogens is 2. The van der Waals surface area contributed by atoms with Crippen LogP contribution in [0.5, 0.6) is 0 Å². The van der Waals surface area contributed by atoms with Gasteiger partial charge in [-0.15, -0.1) is 0 Å². The van der Waals surface area contributed by atoms with Crippen molar-refractivity contribution in [2.24, 2.45) is 11.7 Å². The van der Waals surface area contributed by atoms with E-state index in [1.165, 1.54) is 0 Å². The Labute approximate surface area is 101 Å². The lowest BCUT2D eigenvalue weighted by molar-refractivity contribution is -0.151. The Morgan fingerprint density at radius 3 is 2.88 bits per heavy atom. The van der Waals surface area contributed by atoms with Crippen molar-refractivity contribution in [3.05, 3.63) is 18.0 Å². The molecule has 5 nitrogen and oxygen atoms in total. The minimum Gasteiger partial charge on any atom is -0.465 e. The van der Waals surface area contributed by atoms with Gasteiger partial charge in [0, 0.05) is 11.9 Å². The summed E-state index contributed by atoms with van der Waals surface area (Å²) in [4.78, 5) is 12.0. The quantitative estimate of drug-likeness (QED) is 0.771. The van der Waals surface area contributed by atoms with Crippen molar-refractivity contribution >= 4 is 5.97 Å². The first-order valence-electron chi connectivity index (χ1n) is 6.02.